The van der Waals surface area contributed by atoms with Gasteiger partial charge in [-0.1, -0.05) is 18.2 Å². The molecule has 0 unspecified atom stereocenters. The zero-order valence-corrected chi connectivity index (χ0v) is 11.0. The van der Waals surface area contributed by atoms with E-state index in [2.05, 4.69) is 17.2 Å². The van der Waals surface area contributed by atoms with E-state index in [4.69, 9.17) is 10.2 Å². The van der Waals surface area contributed by atoms with Gasteiger partial charge >= 0.3 is 5.97 Å². The molecule has 0 bridgehead atoms. The summed E-state index contributed by atoms with van der Waals surface area (Å²) in [5, 5.41) is 23.5. The molecule has 20 heavy (non-hydrogen) atoms. The molecule has 1 rings (SSSR count). The number of carboxylic acid groups (broad SMARTS) is 1. The average molecular weight is 278 g/mol. The van der Waals surface area contributed by atoms with Crippen LogP contribution in [0.4, 0.5) is 0 Å². The lowest BCUT2D eigenvalue weighted by molar-refractivity contribution is -0.141. The molecule has 0 radical (unpaired) electrons. The number of aromatic hydroxyl groups is 1. The van der Waals surface area contributed by atoms with E-state index >= 15 is 0 Å². The van der Waals surface area contributed by atoms with Crippen LogP contribution in [0.2, 0.25) is 0 Å². The normalized spacial score (nSPS) is 11.6. The van der Waals surface area contributed by atoms with Gasteiger partial charge in [0.1, 0.15) is 11.8 Å². The Kier molecular flexibility index (Phi) is 6.25. The lowest BCUT2D eigenvalue weighted by Crippen LogP contribution is -2.45. The molecule has 1 amide bonds. The van der Waals surface area contributed by atoms with Gasteiger partial charge in [0.15, 0.2) is 0 Å². The van der Waals surface area contributed by atoms with Crippen LogP contribution in [0.25, 0.3) is 0 Å². The Bertz CT molecular complexity index is 471. The SMILES string of the molecule is C=CCNCC(=O)N[C@H](Cc1ccc(O)cc1)C(=O)O. The summed E-state index contributed by atoms with van der Waals surface area (Å²) in [7, 11) is 0. The Hall–Kier alpha value is -2.34. The topological polar surface area (TPSA) is 98.7 Å². The quantitative estimate of drug-likeness (QED) is 0.404. The third-order valence-corrected chi connectivity index (χ3v) is 2.58. The third-order valence-electron chi connectivity index (χ3n) is 2.58. The van der Waals surface area contributed by atoms with Gasteiger partial charge in [-0.2, -0.15) is 0 Å². The molecule has 0 aromatic heterocycles. The van der Waals surface area contributed by atoms with E-state index in [9.17, 15) is 9.59 Å². The summed E-state index contributed by atoms with van der Waals surface area (Å²) >= 11 is 0. The third kappa shape index (κ3) is 5.53. The highest BCUT2D eigenvalue weighted by molar-refractivity contribution is 5.84. The van der Waals surface area contributed by atoms with Crippen LogP contribution in [0, 0.1) is 0 Å². The molecule has 6 heteroatoms. The van der Waals surface area contributed by atoms with Crippen molar-refractivity contribution in [2.45, 2.75) is 12.5 Å². The molecule has 108 valence electrons. The summed E-state index contributed by atoms with van der Waals surface area (Å²) < 4.78 is 0. The predicted octanol–water partition coefficient (Wildman–Crippen LogP) is 0.280. The fourth-order valence-corrected chi connectivity index (χ4v) is 1.60. The minimum Gasteiger partial charge on any atom is -0.508 e. The first kappa shape index (κ1) is 15.7. The minimum absolute atomic E-state index is 0.0331. The van der Waals surface area contributed by atoms with Gasteiger partial charge in [0.2, 0.25) is 5.91 Å². The van der Waals surface area contributed by atoms with Crippen molar-refractivity contribution in [2.75, 3.05) is 13.1 Å². The summed E-state index contributed by atoms with van der Waals surface area (Å²) in [4.78, 5) is 22.7. The molecular formula is C14H18N2O4. The number of carbonyl (C=O) groups is 2. The van der Waals surface area contributed by atoms with Crippen LogP contribution >= 0.6 is 0 Å². The van der Waals surface area contributed by atoms with Crippen LogP contribution in [0.1, 0.15) is 5.56 Å². The Morgan fingerprint density at radius 3 is 2.50 bits per heavy atom. The zero-order chi connectivity index (χ0) is 15.0. The van der Waals surface area contributed by atoms with Crippen LogP contribution in [0.15, 0.2) is 36.9 Å². The second-order valence-corrected chi connectivity index (χ2v) is 4.25. The van der Waals surface area contributed by atoms with Gasteiger partial charge in [0, 0.05) is 13.0 Å². The molecule has 0 heterocycles. The van der Waals surface area contributed by atoms with Crippen LogP contribution in [-0.2, 0) is 16.0 Å². The summed E-state index contributed by atoms with van der Waals surface area (Å²) in [6.45, 7) is 4.01. The number of carboxylic acids is 1. The van der Waals surface area contributed by atoms with Crippen molar-refractivity contribution < 1.29 is 19.8 Å². The van der Waals surface area contributed by atoms with Gasteiger partial charge in [-0.3, -0.25) is 4.79 Å². The Morgan fingerprint density at radius 1 is 1.30 bits per heavy atom. The van der Waals surface area contributed by atoms with Crippen molar-refractivity contribution in [3.63, 3.8) is 0 Å². The molecular weight excluding hydrogens is 260 g/mol. The summed E-state index contributed by atoms with van der Waals surface area (Å²) in [6, 6.07) is 5.18. The Labute approximate surface area is 117 Å². The second-order valence-electron chi connectivity index (χ2n) is 4.25. The van der Waals surface area contributed by atoms with Crippen molar-refractivity contribution in [1.29, 1.82) is 0 Å². The van der Waals surface area contributed by atoms with Gasteiger partial charge in [-0.15, -0.1) is 6.58 Å². The number of hydrogen-bond donors (Lipinski definition) is 4. The van der Waals surface area contributed by atoms with Crippen LogP contribution in [0.5, 0.6) is 5.75 Å². The largest absolute Gasteiger partial charge is 0.508 e. The van der Waals surface area contributed by atoms with Crippen molar-refractivity contribution in [3.8, 4) is 5.75 Å². The highest BCUT2D eigenvalue weighted by Crippen LogP contribution is 2.11. The molecule has 0 saturated carbocycles. The van der Waals surface area contributed by atoms with Crippen LogP contribution < -0.4 is 10.6 Å². The molecule has 1 aromatic carbocycles. The number of phenolic OH excluding ortho intramolecular Hbond substituents is 1. The van der Waals surface area contributed by atoms with Gasteiger partial charge in [0.25, 0.3) is 0 Å². The smallest absolute Gasteiger partial charge is 0.326 e. The lowest BCUT2D eigenvalue weighted by Gasteiger charge is -2.14. The van der Waals surface area contributed by atoms with E-state index in [1.54, 1.807) is 18.2 Å². The summed E-state index contributed by atoms with van der Waals surface area (Å²) in [5.41, 5.74) is 0.717. The molecule has 1 aromatic rings. The standard InChI is InChI=1S/C14H18N2O4/c1-2-7-15-9-13(18)16-12(14(19)20)8-10-3-5-11(17)6-4-10/h2-6,12,15,17H,1,7-9H2,(H,16,18)(H,19,20)/t12-/m1/s1. The van der Waals surface area contributed by atoms with Crippen molar-refractivity contribution in [3.05, 3.63) is 42.5 Å². The number of benzene rings is 1. The van der Waals surface area contributed by atoms with E-state index in [-0.39, 0.29) is 18.7 Å². The first-order chi connectivity index (χ1) is 9.52. The molecule has 0 aliphatic carbocycles. The van der Waals surface area contributed by atoms with Crippen LogP contribution in [-0.4, -0.2) is 41.2 Å². The van der Waals surface area contributed by atoms with E-state index in [0.29, 0.717) is 6.54 Å². The first-order valence-electron chi connectivity index (χ1n) is 6.14. The Morgan fingerprint density at radius 2 is 1.95 bits per heavy atom. The number of hydrogen-bond acceptors (Lipinski definition) is 4. The van der Waals surface area contributed by atoms with Crippen molar-refractivity contribution in [2.24, 2.45) is 0 Å². The monoisotopic (exact) mass is 278 g/mol. The number of aliphatic carboxylic acids is 1. The molecule has 6 nitrogen and oxygen atoms in total. The van der Waals surface area contributed by atoms with Crippen molar-refractivity contribution in [1.82, 2.24) is 10.6 Å². The maximum Gasteiger partial charge on any atom is 0.326 e. The van der Waals surface area contributed by atoms with Gasteiger partial charge in [-0.25, -0.2) is 4.79 Å². The summed E-state index contributed by atoms with van der Waals surface area (Å²) in [6.07, 6.45) is 1.77. The minimum atomic E-state index is -1.10. The molecule has 0 fully saturated rings. The highest BCUT2D eigenvalue weighted by atomic mass is 16.4. The Balaban J connectivity index is 2.56. The number of nitrogens with one attached hydrogen (secondary N) is 2. The fraction of sp³-hybridized carbons (Fsp3) is 0.286. The number of rotatable bonds is 8. The molecule has 4 N–H and O–H groups in total. The van der Waals surface area contributed by atoms with Crippen molar-refractivity contribution >= 4 is 11.9 Å². The molecule has 1 atom stereocenters. The molecule has 0 aliphatic heterocycles. The average Bonchev–Trinajstić information content (AvgIpc) is 2.40. The zero-order valence-electron chi connectivity index (χ0n) is 11.0. The van der Waals surface area contributed by atoms with E-state index in [1.165, 1.54) is 12.1 Å². The van der Waals surface area contributed by atoms with E-state index in [0.717, 1.165) is 5.56 Å². The maximum absolute atomic E-state index is 11.6. The van der Waals surface area contributed by atoms with Crippen LogP contribution in [0.3, 0.4) is 0 Å². The van der Waals surface area contributed by atoms with Gasteiger partial charge in [-0.05, 0) is 17.7 Å². The predicted molar refractivity (Wildman–Crippen MR) is 74.4 cm³/mol. The second kappa shape index (κ2) is 7.96. The molecule has 0 saturated heterocycles. The maximum atomic E-state index is 11.6. The molecule has 0 aliphatic rings. The summed E-state index contributed by atoms with van der Waals surface area (Å²) in [5.74, 6) is -1.38. The van der Waals surface area contributed by atoms with E-state index in [1.807, 2.05) is 0 Å². The highest BCUT2D eigenvalue weighted by Gasteiger charge is 2.20. The first-order valence-corrected chi connectivity index (χ1v) is 6.14. The van der Waals surface area contributed by atoms with Gasteiger partial charge < -0.3 is 20.8 Å². The van der Waals surface area contributed by atoms with E-state index < -0.39 is 17.9 Å². The van der Waals surface area contributed by atoms with Gasteiger partial charge in [0.05, 0.1) is 6.54 Å². The lowest BCUT2D eigenvalue weighted by atomic mass is 10.1. The number of amides is 1. The fourth-order valence-electron chi connectivity index (χ4n) is 1.60. The number of carbonyl (C=O) groups excluding carboxylic acids is 1. The molecule has 0 spiro atoms. The number of phenols is 1.